The zero-order valence-corrected chi connectivity index (χ0v) is 15.1. The van der Waals surface area contributed by atoms with Crippen LogP contribution in [-0.2, 0) is 6.42 Å². The zero-order valence-electron chi connectivity index (χ0n) is 14.2. The van der Waals surface area contributed by atoms with E-state index in [1.54, 1.807) is 11.3 Å². The summed E-state index contributed by atoms with van der Waals surface area (Å²) in [7, 11) is 0. The van der Waals surface area contributed by atoms with Crippen LogP contribution >= 0.6 is 11.3 Å². The second-order valence-electron chi connectivity index (χ2n) is 6.33. The van der Waals surface area contributed by atoms with Gasteiger partial charge in [-0.2, -0.15) is 5.26 Å². The molecule has 1 aliphatic rings. The Hall–Kier alpha value is -2.35. The highest BCUT2D eigenvalue weighted by atomic mass is 32.1. The highest BCUT2D eigenvalue weighted by Gasteiger charge is 2.25. The van der Waals surface area contributed by atoms with Crippen LogP contribution in [0.1, 0.15) is 29.0 Å². The smallest absolute Gasteiger partial charge is 0.146 e. The Kier molecular flexibility index (Phi) is 4.44. The number of thiophene rings is 1. The minimum atomic E-state index is 0.0359. The topological polar surface area (TPSA) is 36.3 Å². The van der Waals surface area contributed by atoms with Gasteiger partial charge in [0.1, 0.15) is 11.9 Å². The Labute approximate surface area is 152 Å². The van der Waals surface area contributed by atoms with Gasteiger partial charge in [-0.25, -0.2) is 0 Å². The van der Waals surface area contributed by atoms with Gasteiger partial charge >= 0.3 is 0 Å². The predicted molar refractivity (Wildman–Crippen MR) is 102 cm³/mol. The molecule has 4 heteroatoms. The van der Waals surface area contributed by atoms with Crippen LogP contribution in [0, 0.1) is 11.3 Å². The quantitative estimate of drug-likeness (QED) is 0.684. The maximum Gasteiger partial charge on any atom is 0.146 e. The minimum Gasteiger partial charge on any atom is -0.483 e. The number of ether oxygens (including phenoxy) is 1. The molecule has 0 saturated carbocycles. The molecular weight excluding hydrogens is 328 g/mol. The molecule has 1 aromatic heterocycles. The summed E-state index contributed by atoms with van der Waals surface area (Å²) in [5, 5.41) is 13.5. The first kappa shape index (κ1) is 16.1. The molecule has 1 aliphatic heterocycles. The van der Waals surface area contributed by atoms with E-state index >= 15 is 0 Å². The number of fused-ring (bicyclic) bond motifs is 2. The number of rotatable bonds is 3. The number of hydrogen-bond donors (Lipinski definition) is 0. The van der Waals surface area contributed by atoms with E-state index in [-0.39, 0.29) is 6.10 Å². The van der Waals surface area contributed by atoms with E-state index in [9.17, 15) is 5.26 Å². The van der Waals surface area contributed by atoms with Crippen LogP contribution in [0.4, 0.5) is 0 Å². The fourth-order valence-electron chi connectivity index (χ4n) is 3.53. The lowest BCUT2D eigenvalue weighted by Crippen LogP contribution is -2.29. The average molecular weight is 348 g/mol. The van der Waals surface area contributed by atoms with E-state index in [1.807, 2.05) is 36.4 Å². The van der Waals surface area contributed by atoms with Gasteiger partial charge in [-0.05, 0) is 42.1 Å². The zero-order chi connectivity index (χ0) is 17.2. The standard InChI is InChI=1S/C21H20N2OS/c1-2-23-11-9-15-10-12-25-21(15)20(14-23)24-19-8-7-16(13-22)17-5-3-4-6-18(17)19/h3-8,10,12,20H,2,9,11,14H2,1H3. The third-order valence-corrected chi connectivity index (χ3v) is 5.97. The van der Waals surface area contributed by atoms with Crippen LogP contribution in [-0.4, -0.2) is 24.5 Å². The van der Waals surface area contributed by atoms with Crippen molar-refractivity contribution in [3.8, 4) is 11.8 Å². The first-order valence-electron chi connectivity index (χ1n) is 8.67. The molecule has 126 valence electrons. The molecule has 0 bridgehead atoms. The maximum absolute atomic E-state index is 9.36. The van der Waals surface area contributed by atoms with E-state index in [2.05, 4.69) is 29.3 Å². The van der Waals surface area contributed by atoms with Gasteiger partial charge in [0, 0.05) is 28.7 Å². The lowest BCUT2D eigenvalue weighted by molar-refractivity contribution is 0.148. The molecule has 25 heavy (non-hydrogen) atoms. The van der Waals surface area contributed by atoms with Crippen LogP contribution in [0.15, 0.2) is 47.8 Å². The van der Waals surface area contributed by atoms with E-state index < -0.39 is 0 Å². The van der Waals surface area contributed by atoms with E-state index in [4.69, 9.17) is 4.74 Å². The van der Waals surface area contributed by atoms with Crippen LogP contribution in [0.3, 0.4) is 0 Å². The van der Waals surface area contributed by atoms with E-state index in [0.29, 0.717) is 5.56 Å². The molecule has 0 N–H and O–H groups in total. The van der Waals surface area contributed by atoms with Crippen LogP contribution in [0.2, 0.25) is 0 Å². The second-order valence-corrected chi connectivity index (χ2v) is 7.28. The molecular formula is C21H20N2OS. The summed E-state index contributed by atoms with van der Waals surface area (Å²) in [6.45, 7) is 5.21. The van der Waals surface area contributed by atoms with Gasteiger partial charge in [0.2, 0.25) is 0 Å². The highest BCUT2D eigenvalue weighted by Crippen LogP contribution is 2.36. The number of nitrogens with zero attached hydrogens (tertiary/aromatic N) is 2. The first-order chi connectivity index (χ1) is 12.3. The van der Waals surface area contributed by atoms with Crippen LogP contribution in [0.5, 0.6) is 5.75 Å². The number of benzene rings is 2. The Balaban J connectivity index is 1.75. The Morgan fingerprint density at radius 3 is 2.84 bits per heavy atom. The van der Waals surface area contributed by atoms with Crippen molar-refractivity contribution < 1.29 is 4.74 Å². The summed E-state index contributed by atoms with van der Waals surface area (Å²) >= 11 is 1.79. The van der Waals surface area contributed by atoms with Gasteiger partial charge in [-0.3, -0.25) is 4.90 Å². The molecule has 3 nitrogen and oxygen atoms in total. The van der Waals surface area contributed by atoms with Crippen molar-refractivity contribution in [2.75, 3.05) is 19.6 Å². The highest BCUT2D eigenvalue weighted by molar-refractivity contribution is 7.10. The van der Waals surface area contributed by atoms with Crippen molar-refractivity contribution in [2.45, 2.75) is 19.4 Å². The number of nitriles is 1. The fourth-order valence-corrected chi connectivity index (χ4v) is 4.50. The lowest BCUT2D eigenvalue weighted by atomic mass is 10.0. The van der Waals surface area contributed by atoms with Crippen molar-refractivity contribution in [3.63, 3.8) is 0 Å². The third-order valence-electron chi connectivity index (χ3n) is 4.92. The predicted octanol–water partition coefficient (Wildman–Crippen LogP) is 4.77. The van der Waals surface area contributed by atoms with Gasteiger partial charge < -0.3 is 4.74 Å². The van der Waals surface area contributed by atoms with Crippen molar-refractivity contribution in [3.05, 3.63) is 63.8 Å². The van der Waals surface area contributed by atoms with Crippen molar-refractivity contribution >= 4 is 22.1 Å². The van der Waals surface area contributed by atoms with Crippen molar-refractivity contribution in [1.82, 2.24) is 4.90 Å². The summed E-state index contributed by atoms with van der Waals surface area (Å²) < 4.78 is 6.52. The van der Waals surface area contributed by atoms with E-state index in [1.165, 1.54) is 10.4 Å². The number of hydrogen-bond acceptors (Lipinski definition) is 4. The molecule has 3 aromatic rings. The maximum atomic E-state index is 9.36. The molecule has 4 rings (SSSR count). The summed E-state index contributed by atoms with van der Waals surface area (Å²) in [6.07, 6.45) is 1.12. The minimum absolute atomic E-state index is 0.0359. The van der Waals surface area contributed by atoms with Gasteiger partial charge in [0.25, 0.3) is 0 Å². The van der Waals surface area contributed by atoms with Crippen molar-refractivity contribution in [1.29, 1.82) is 5.26 Å². The van der Waals surface area contributed by atoms with E-state index in [0.717, 1.165) is 42.6 Å². The second kappa shape index (κ2) is 6.87. The molecule has 1 atom stereocenters. The molecule has 1 unspecified atom stereocenters. The molecule has 0 spiro atoms. The van der Waals surface area contributed by atoms with Gasteiger partial charge in [0.15, 0.2) is 0 Å². The Bertz CT molecular complexity index is 940. The lowest BCUT2D eigenvalue weighted by Gasteiger charge is -2.24. The normalized spacial score (nSPS) is 17.7. The average Bonchev–Trinajstić information content (AvgIpc) is 3.06. The third kappa shape index (κ3) is 3.02. The molecule has 0 saturated heterocycles. The summed E-state index contributed by atoms with van der Waals surface area (Å²) in [4.78, 5) is 3.79. The van der Waals surface area contributed by atoms with Gasteiger partial charge in [-0.15, -0.1) is 11.3 Å². The first-order valence-corrected chi connectivity index (χ1v) is 9.55. The number of likely N-dealkylation sites (N-methyl/N-ethyl adjacent to an activating group) is 1. The SMILES string of the molecule is CCN1CCc2ccsc2C(Oc2ccc(C#N)c3ccccc23)C1. The van der Waals surface area contributed by atoms with Gasteiger partial charge in [-0.1, -0.05) is 31.2 Å². The Morgan fingerprint density at radius 1 is 1.20 bits per heavy atom. The fraction of sp³-hybridized carbons (Fsp3) is 0.286. The summed E-state index contributed by atoms with van der Waals surface area (Å²) in [6, 6.07) is 16.3. The molecule has 0 aliphatic carbocycles. The largest absolute Gasteiger partial charge is 0.483 e. The summed E-state index contributed by atoms with van der Waals surface area (Å²) in [5.74, 6) is 0.858. The Morgan fingerprint density at radius 2 is 2.04 bits per heavy atom. The van der Waals surface area contributed by atoms with Crippen LogP contribution < -0.4 is 4.74 Å². The summed E-state index contributed by atoms with van der Waals surface area (Å²) in [5.41, 5.74) is 2.10. The molecule has 2 heterocycles. The molecule has 2 aromatic carbocycles. The monoisotopic (exact) mass is 348 g/mol. The molecule has 0 radical (unpaired) electrons. The van der Waals surface area contributed by atoms with Gasteiger partial charge in [0.05, 0.1) is 11.6 Å². The molecule has 0 amide bonds. The molecule has 0 fully saturated rings. The van der Waals surface area contributed by atoms with Crippen molar-refractivity contribution in [2.24, 2.45) is 0 Å². The van der Waals surface area contributed by atoms with Crippen LogP contribution in [0.25, 0.3) is 10.8 Å².